The number of halogens is 4. The standard InChI is InChI=1S/C20H22F3NO.ClH/c21-20(22,23)18-8-4-5-16(13-18)14-25-15-19(9-11-24-12-10-19)17-6-2-1-3-7-17;/h1-8,13,24H,9-12,14-15H2;1H. The molecule has 1 saturated heterocycles. The number of rotatable bonds is 5. The molecule has 1 aliphatic heterocycles. The van der Waals surface area contributed by atoms with Gasteiger partial charge in [0.2, 0.25) is 0 Å². The van der Waals surface area contributed by atoms with Crippen LogP contribution in [0.2, 0.25) is 0 Å². The number of benzene rings is 2. The van der Waals surface area contributed by atoms with Crippen molar-refractivity contribution in [3.05, 3.63) is 71.3 Å². The highest BCUT2D eigenvalue weighted by Crippen LogP contribution is 2.33. The summed E-state index contributed by atoms with van der Waals surface area (Å²) in [4.78, 5) is 0. The summed E-state index contributed by atoms with van der Waals surface area (Å²) in [7, 11) is 0. The lowest BCUT2D eigenvalue weighted by Crippen LogP contribution is -3.00. The Bertz CT molecular complexity index is 685. The quantitative estimate of drug-likeness (QED) is 0.798. The minimum absolute atomic E-state index is 0. The van der Waals surface area contributed by atoms with E-state index >= 15 is 0 Å². The van der Waals surface area contributed by atoms with Gasteiger partial charge in [-0.3, -0.25) is 0 Å². The summed E-state index contributed by atoms with van der Waals surface area (Å²) in [5, 5.41) is 2.30. The van der Waals surface area contributed by atoms with Crippen LogP contribution in [-0.2, 0) is 22.9 Å². The maximum Gasteiger partial charge on any atom is 0.416 e. The minimum Gasteiger partial charge on any atom is -1.00 e. The first kappa shape index (κ1) is 20.7. The second kappa shape index (κ2) is 8.89. The summed E-state index contributed by atoms with van der Waals surface area (Å²) in [6.45, 7) is 2.81. The molecule has 2 aromatic carbocycles. The molecule has 2 nitrogen and oxygen atoms in total. The lowest BCUT2D eigenvalue weighted by atomic mass is 9.74. The molecular formula is C20H23ClF3NO. The summed E-state index contributed by atoms with van der Waals surface area (Å²) < 4.78 is 44.4. The number of hydrogen-bond donors (Lipinski definition) is 1. The fourth-order valence-electron chi connectivity index (χ4n) is 3.54. The zero-order valence-corrected chi connectivity index (χ0v) is 15.2. The van der Waals surface area contributed by atoms with Crippen molar-refractivity contribution < 1.29 is 35.6 Å². The molecule has 0 radical (unpaired) electrons. The maximum absolute atomic E-state index is 12.8. The van der Waals surface area contributed by atoms with E-state index in [1.165, 1.54) is 17.7 Å². The lowest BCUT2D eigenvalue weighted by molar-refractivity contribution is -0.666. The van der Waals surface area contributed by atoms with Gasteiger partial charge < -0.3 is 22.5 Å². The zero-order chi connectivity index (χ0) is 17.8. The van der Waals surface area contributed by atoms with Crippen LogP contribution >= 0.6 is 0 Å². The third kappa shape index (κ3) is 5.00. The van der Waals surface area contributed by atoms with Crippen LogP contribution in [0.1, 0.15) is 29.5 Å². The number of ether oxygens (including phenoxy) is 1. The maximum atomic E-state index is 12.8. The van der Waals surface area contributed by atoms with Gasteiger partial charge in [-0.15, -0.1) is 0 Å². The third-order valence-corrected chi connectivity index (χ3v) is 4.94. The predicted octanol–water partition coefficient (Wildman–Crippen LogP) is 0.521. The van der Waals surface area contributed by atoms with Gasteiger partial charge in [-0.2, -0.15) is 13.2 Å². The highest BCUT2D eigenvalue weighted by Gasteiger charge is 2.36. The summed E-state index contributed by atoms with van der Waals surface area (Å²) in [5.41, 5.74) is 1.14. The van der Waals surface area contributed by atoms with Crippen molar-refractivity contribution in [2.24, 2.45) is 0 Å². The average molecular weight is 386 g/mol. The summed E-state index contributed by atoms with van der Waals surface area (Å²) in [5.74, 6) is 0. The van der Waals surface area contributed by atoms with E-state index in [4.69, 9.17) is 4.74 Å². The van der Waals surface area contributed by atoms with Crippen LogP contribution in [0.3, 0.4) is 0 Å². The second-order valence-electron chi connectivity index (χ2n) is 6.70. The van der Waals surface area contributed by atoms with Gasteiger partial charge in [0.1, 0.15) is 0 Å². The number of nitrogens with two attached hydrogens (primary N) is 1. The fraction of sp³-hybridized carbons (Fsp3) is 0.400. The smallest absolute Gasteiger partial charge is 0.416 e. The Balaban J connectivity index is 0.00000243. The molecule has 142 valence electrons. The first-order chi connectivity index (χ1) is 12.0. The fourth-order valence-corrected chi connectivity index (χ4v) is 3.54. The Hall–Kier alpha value is -1.56. The Morgan fingerprint density at radius 2 is 1.65 bits per heavy atom. The predicted molar refractivity (Wildman–Crippen MR) is 90.1 cm³/mol. The van der Waals surface area contributed by atoms with Gasteiger partial charge in [0.15, 0.2) is 0 Å². The Morgan fingerprint density at radius 3 is 2.31 bits per heavy atom. The normalized spacial score (nSPS) is 16.7. The topological polar surface area (TPSA) is 25.8 Å². The number of piperidine rings is 1. The van der Waals surface area contributed by atoms with Crippen LogP contribution < -0.4 is 17.7 Å². The molecule has 0 spiro atoms. The van der Waals surface area contributed by atoms with E-state index in [1.807, 2.05) is 18.2 Å². The molecule has 1 heterocycles. The lowest BCUT2D eigenvalue weighted by Gasteiger charge is -2.36. The first-order valence-electron chi connectivity index (χ1n) is 8.61. The van der Waals surface area contributed by atoms with E-state index in [-0.39, 0.29) is 24.4 Å². The van der Waals surface area contributed by atoms with Gasteiger partial charge in [-0.25, -0.2) is 0 Å². The number of alkyl halides is 3. The van der Waals surface area contributed by atoms with Crippen molar-refractivity contribution >= 4 is 0 Å². The monoisotopic (exact) mass is 385 g/mol. The van der Waals surface area contributed by atoms with Gasteiger partial charge in [0.25, 0.3) is 0 Å². The molecule has 0 aromatic heterocycles. The van der Waals surface area contributed by atoms with Crippen molar-refractivity contribution in [3.63, 3.8) is 0 Å². The van der Waals surface area contributed by atoms with Crippen LogP contribution in [0.15, 0.2) is 54.6 Å². The van der Waals surface area contributed by atoms with Crippen LogP contribution in [0.4, 0.5) is 13.2 Å². The van der Waals surface area contributed by atoms with Gasteiger partial charge >= 0.3 is 6.18 Å². The van der Waals surface area contributed by atoms with Crippen LogP contribution in [0.5, 0.6) is 0 Å². The SMILES string of the molecule is FC(F)(F)c1cccc(COCC2(c3ccccc3)CC[NH2+]CC2)c1.[Cl-]. The molecule has 0 amide bonds. The summed E-state index contributed by atoms with van der Waals surface area (Å²) in [6, 6.07) is 15.7. The van der Waals surface area contributed by atoms with E-state index < -0.39 is 11.7 Å². The Kier molecular flexibility index (Phi) is 7.09. The van der Waals surface area contributed by atoms with Crippen LogP contribution in [0, 0.1) is 0 Å². The Labute approximate surface area is 158 Å². The molecule has 0 atom stereocenters. The van der Waals surface area contributed by atoms with Crippen molar-refractivity contribution in [2.45, 2.75) is 31.0 Å². The van der Waals surface area contributed by atoms with Gasteiger partial charge in [-0.05, 0) is 23.3 Å². The minimum atomic E-state index is -4.32. The number of hydrogen-bond acceptors (Lipinski definition) is 1. The largest absolute Gasteiger partial charge is 1.00 e. The van der Waals surface area contributed by atoms with E-state index in [1.54, 1.807) is 6.07 Å². The van der Waals surface area contributed by atoms with E-state index in [2.05, 4.69) is 17.4 Å². The second-order valence-corrected chi connectivity index (χ2v) is 6.70. The molecule has 0 bridgehead atoms. The molecule has 1 fully saturated rings. The number of quaternary nitrogens is 1. The third-order valence-electron chi connectivity index (χ3n) is 4.94. The van der Waals surface area contributed by atoms with Crippen molar-refractivity contribution in [1.82, 2.24) is 0 Å². The van der Waals surface area contributed by atoms with Crippen molar-refractivity contribution in [2.75, 3.05) is 19.7 Å². The van der Waals surface area contributed by atoms with Gasteiger partial charge in [-0.1, -0.05) is 42.5 Å². The van der Waals surface area contributed by atoms with Crippen molar-refractivity contribution in [3.8, 4) is 0 Å². The van der Waals surface area contributed by atoms with Crippen molar-refractivity contribution in [1.29, 1.82) is 0 Å². The molecule has 6 heteroatoms. The highest BCUT2D eigenvalue weighted by molar-refractivity contribution is 5.27. The molecule has 0 unspecified atom stereocenters. The zero-order valence-electron chi connectivity index (χ0n) is 14.4. The van der Waals surface area contributed by atoms with E-state index in [0.717, 1.165) is 32.0 Å². The van der Waals surface area contributed by atoms with E-state index in [9.17, 15) is 13.2 Å². The summed E-state index contributed by atoms with van der Waals surface area (Å²) in [6.07, 6.45) is -2.29. The van der Waals surface area contributed by atoms with E-state index in [0.29, 0.717) is 12.2 Å². The highest BCUT2D eigenvalue weighted by atomic mass is 35.5. The average Bonchev–Trinajstić information content (AvgIpc) is 2.63. The van der Waals surface area contributed by atoms with Crippen LogP contribution in [-0.4, -0.2) is 19.7 Å². The van der Waals surface area contributed by atoms with Gasteiger partial charge in [0, 0.05) is 18.3 Å². The molecule has 0 aliphatic carbocycles. The molecular weight excluding hydrogens is 363 g/mol. The molecule has 2 N–H and O–H groups in total. The summed E-state index contributed by atoms with van der Waals surface area (Å²) >= 11 is 0. The first-order valence-corrected chi connectivity index (χ1v) is 8.61. The molecule has 26 heavy (non-hydrogen) atoms. The molecule has 0 saturated carbocycles. The Morgan fingerprint density at radius 1 is 0.962 bits per heavy atom. The molecule has 2 aromatic rings. The molecule has 1 aliphatic rings. The van der Waals surface area contributed by atoms with Crippen LogP contribution in [0.25, 0.3) is 0 Å². The molecule has 3 rings (SSSR count). The van der Waals surface area contributed by atoms with Gasteiger partial charge in [0.05, 0.1) is 31.9 Å².